The van der Waals surface area contributed by atoms with Crippen molar-refractivity contribution in [1.29, 1.82) is 0 Å². The zero-order valence-corrected chi connectivity index (χ0v) is 25.2. The summed E-state index contributed by atoms with van der Waals surface area (Å²) in [6, 6.07) is 15.2. The molecule has 0 radical (unpaired) electrons. The fourth-order valence-electron chi connectivity index (χ4n) is 5.40. The summed E-state index contributed by atoms with van der Waals surface area (Å²) in [6.07, 6.45) is 1.64. The summed E-state index contributed by atoms with van der Waals surface area (Å²) in [6.45, 7) is 3.57. The highest BCUT2D eigenvalue weighted by atomic mass is 32.1. The van der Waals surface area contributed by atoms with Crippen LogP contribution in [-0.4, -0.2) is 49.3 Å². The first-order valence-corrected chi connectivity index (χ1v) is 14.5. The van der Waals surface area contributed by atoms with Crippen molar-refractivity contribution in [1.82, 2.24) is 9.47 Å². The third-order valence-corrected chi connectivity index (χ3v) is 8.41. The van der Waals surface area contributed by atoms with Crippen LogP contribution in [0.15, 0.2) is 75.7 Å². The van der Waals surface area contributed by atoms with Gasteiger partial charge >= 0.3 is 6.61 Å². The van der Waals surface area contributed by atoms with E-state index in [1.807, 2.05) is 50.2 Å². The van der Waals surface area contributed by atoms with Gasteiger partial charge in [-0.05, 0) is 61.4 Å². The molecule has 11 heteroatoms. The van der Waals surface area contributed by atoms with E-state index in [1.165, 1.54) is 30.6 Å². The SMILES string of the molecule is CCN(CC)C(=O)C1=C(C)N=c2s/c(=C\c3ccc(OC(F)F)c(OC)c3)c(=O)n2[C@@H]1c1c(OC)ccc2ccccc12. The molecule has 0 spiro atoms. The first-order chi connectivity index (χ1) is 20.7. The summed E-state index contributed by atoms with van der Waals surface area (Å²) >= 11 is 1.18. The Kier molecular flexibility index (Phi) is 8.63. The fraction of sp³-hybridized carbons (Fsp3) is 0.281. The molecule has 1 aliphatic heterocycles. The number of ether oxygens (including phenoxy) is 3. The molecule has 3 aromatic carbocycles. The van der Waals surface area contributed by atoms with Crippen LogP contribution in [0.4, 0.5) is 8.78 Å². The zero-order chi connectivity index (χ0) is 30.8. The number of alkyl halides is 2. The molecule has 0 aliphatic carbocycles. The van der Waals surface area contributed by atoms with Crippen LogP contribution in [0.25, 0.3) is 16.8 Å². The molecule has 0 N–H and O–H groups in total. The van der Waals surface area contributed by atoms with Gasteiger partial charge in [0.05, 0.1) is 30.0 Å². The van der Waals surface area contributed by atoms with Crippen molar-refractivity contribution in [3.63, 3.8) is 0 Å². The van der Waals surface area contributed by atoms with Gasteiger partial charge in [0, 0.05) is 18.7 Å². The van der Waals surface area contributed by atoms with E-state index in [0.717, 1.165) is 10.8 Å². The number of benzene rings is 3. The third-order valence-electron chi connectivity index (χ3n) is 7.43. The summed E-state index contributed by atoms with van der Waals surface area (Å²) < 4.78 is 43.2. The number of rotatable bonds is 9. The van der Waals surface area contributed by atoms with Crippen LogP contribution >= 0.6 is 11.3 Å². The third kappa shape index (κ3) is 5.52. The smallest absolute Gasteiger partial charge is 0.387 e. The number of halogens is 2. The predicted molar refractivity (Wildman–Crippen MR) is 162 cm³/mol. The fourth-order valence-corrected chi connectivity index (χ4v) is 6.45. The van der Waals surface area contributed by atoms with Crippen molar-refractivity contribution >= 4 is 34.1 Å². The Morgan fingerprint density at radius 1 is 1.05 bits per heavy atom. The number of carbonyl (C=O) groups is 1. The van der Waals surface area contributed by atoms with Crippen LogP contribution in [0.2, 0.25) is 0 Å². The lowest BCUT2D eigenvalue weighted by atomic mass is 9.90. The minimum Gasteiger partial charge on any atom is -0.496 e. The van der Waals surface area contributed by atoms with Crippen LogP contribution in [0.5, 0.6) is 17.2 Å². The van der Waals surface area contributed by atoms with E-state index in [0.29, 0.717) is 50.6 Å². The average molecular weight is 608 g/mol. The van der Waals surface area contributed by atoms with Gasteiger partial charge in [0.2, 0.25) is 0 Å². The maximum absolute atomic E-state index is 14.2. The van der Waals surface area contributed by atoms with E-state index in [1.54, 1.807) is 35.6 Å². The largest absolute Gasteiger partial charge is 0.496 e. The molecule has 2 heterocycles. The summed E-state index contributed by atoms with van der Waals surface area (Å²) in [5, 5.41) is 1.78. The van der Waals surface area contributed by atoms with Crippen molar-refractivity contribution < 1.29 is 27.8 Å². The number of fused-ring (bicyclic) bond motifs is 2. The number of likely N-dealkylation sites (N-methyl/N-ethyl adjacent to an activating group) is 1. The number of aromatic nitrogens is 1. The minimum atomic E-state index is -3.01. The molecule has 0 saturated carbocycles. The first kappa shape index (κ1) is 30.0. The minimum absolute atomic E-state index is 0.100. The van der Waals surface area contributed by atoms with E-state index >= 15 is 0 Å². The normalized spacial score (nSPS) is 15.0. The van der Waals surface area contributed by atoms with Gasteiger partial charge in [0.1, 0.15) is 11.8 Å². The predicted octanol–water partition coefficient (Wildman–Crippen LogP) is 4.88. The Hall–Kier alpha value is -4.51. The van der Waals surface area contributed by atoms with E-state index in [-0.39, 0.29) is 23.0 Å². The summed E-state index contributed by atoms with van der Waals surface area (Å²) in [4.78, 5) is 35.2. The Bertz CT molecular complexity index is 1910. The molecule has 0 fully saturated rings. The number of nitrogens with zero attached hydrogens (tertiary/aromatic N) is 3. The van der Waals surface area contributed by atoms with Gasteiger partial charge in [-0.2, -0.15) is 8.78 Å². The zero-order valence-electron chi connectivity index (χ0n) is 24.4. The monoisotopic (exact) mass is 607 g/mol. The highest BCUT2D eigenvalue weighted by molar-refractivity contribution is 7.07. The number of hydrogen-bond donors (Lipinski definition) is 0. The molecule has 0 bridgehead atoms. The van der Waals surface area contributed by atoms with Crippen LogP contribution in [0, 0.1) is 0 Å². The maximum atomic E-state index is 14.2. The quantitative estimate of drug-likeness (QED) is 0.271. The van der Waals surface area contributed by atoms with Gasteiger partial charge in [-0.1, -0.05) is 47.7 Å². The van der Waals surface area contributed by atoms with E-state index < -0.39 is 12.7 Å². The Labute approximate surface area is 250 Å². The van der Waals surface area contributed by atoms with Crippen molar-refractivity contribution in [3.05, 3.63) is 96.7 Å². The molecule has 1 amide bonds. The molecule has 43 heavy (non-hydrogen) atoms. The number of carbonyl (C=O) groups excluding carboxylic acids is 1. The molecular weight excluding hydrogens is 576 g/mol. The lowest BCUT2D eigenvalue weighted by Crippen LogP contribution is -2.43. The first-order valence-electron chi connectivity index (χ1n) is 13.7. The molecule has 8 nitrogen and oxygen atoms in total. The van der Waals surface area contributed by atoms with Gasteiger partial charge in [0.15, 0.2) is 16.3 Å². The van der Waals surface area contributed by atoms with Crippen molar-refractivity contribution in [2.45, 2.75) is 33.4 Å². The van der Waals surface area contributed by atoms with Crippen LogP contribution < -0.4 is 29.1 Å². The second kappa shape index (κ2) is 12.4. The molecule has 0 unspecified atom stereocenters. The number of allylic oxidation sites excluding steroid dienone is 1. The highest BCUT2D eigenvalue weighted by Crippen LogP contribution is 2.40. The van der Waals surface area contributed by atoms with Crippen LogP contribution in [-0.2, 0) is 4.79 Å². The summed E-state index contributed by atoms with van der Waals surface area (Å²) in [7, 11) is 2.91. The molecule has 1 atom stereocenters. The highest BCUT2D eigenvalue weighted by Gasteiger charge is 2.36. The molecular formula is C32H31F2N3O5S. The lowest BCUT2D eigenvalue weighted by Gasteiger charge is -2.30. The van der Waals surface area contributed by atoms with Gasteiger partial charge in [0.25, 0.3) is 11.5 Å². The maximum Gasteiger partial charge on any atom is 0.387 e. The van der Waals surface area contributed by atoms with E-state index in [9.17, 15) is 18.4 Å². The molecule has 1 aliphatic rings. The topological polar surface area (TPSA) is 82.4 Å². The number of methoxy groups -OCH3 is 2. The molecule has 5 rings (SSSR count). The molecule has 1 aromatic heterocycles. The van der Waals surface area contributed by atoms with Gasteiger partial charge in [-0.25, -0.2) is 4.99 Å². The van der Waals surface area contributed by atoms with Crippen molar-refractivity contribution in [2.75, 3.05) is 27.3 Å². The van der Waals surface area contributed by atoms with Crippen LogP contribution in [0.3, 0.4) is 0 Å². The average Bonchev–Trinajstić information content (AvgIpc) is 3.30. The molecule has 0 saturated heterocycles. The lowest BCUT2D eigenvalue weighted by molar-refractivity contribution is -0.127. The second-order valence-electron chi connectivity index (χ2n) is 9.75. The van der Waals surface area contributed by atoms with Gasteiger partial charge < -0.3 is 19.1 Å². The van der Waals surface area contributed by atoms with Crippen molar-refractivity contribution in [2.24, 2.45) is 4.99 Å². The van der Waals surface area contributed by atoms with Gasteiger partial charge in [-0.3, -0.25) is 14.2 Å². The van der Waals surface area contributed by atoms with Crippen LogP contribution in [0.1, 0.15) is 37.9 Å². The summed E-state index contributed by atoms with van der Waals surface area (Å²) in [5.41, 5.74) is 1.78. The number of amides is 1. The van der Waals surface area contributed by atoms with E-state index in [4.69, 9.17) is 14.5 Å². The van der Waals surface area contributed by atoms with Gasteiger partial charge in [-0.15, -0.1) is 0 Å². The molecule has 224 valence electrons. The number of thiazole rings is 1. The Morgan fingerprint density at radius 2 is 1.74 bits per heavy atom. The standard InChI is InChI=1S/C32H31F2N3O5S/c1-6-36(7-2)30(39)26-18(3)35-32-37(28(26)27-21-11-9-8-10-20(21)13-15-23(27)40-4)29(38)25(43-32)17-19-12-14-22(42-31(33)34)24(16-19)41-5/h8-17,28,31H,6-7H2,1-5H3/b25-17-/t28-/m0/s1. The van der Waals surface area contributed by atoms with E-state index in [2.05, 4.69) is 4.74 Å². The Morgan fingerprint density at radius 3 is 2.42 bits per heavy atom. The van der Waals surface area contributed by atoms with Crippen molar-refractivity contribution in [3.8, 4) is 17.2 Å². The Balaban J connectivity index is 1.78. The summed E-state index contributed by atoms with van der Waals surface area (Å²) in [5.74, 6) is 0.314. The molecule has 4 aromatic rings. The second-order valence-corrected chi connectivity index (χ2v) is 10.8. The number of hydrogen-bond acceptors (Lipinski definition) is 7.